The second-order valence-electron chi connectivity index (χ2n) is 4.52. The van der Waals surface area contributed by atoms with Crippen molar-refractivity contribution >= 4 is 17.2 Å². The van der Waals surface area contributed by atoms with Crippen molar-refractivity contribution in [2.45, 2.75) is 6.54 Å². The third kappa shape index (κ3) is 2.25. The van der Waals surface area contributed by atoms with E-state index >= 15 is 0 Å². The van der Waals surface area contributed by atoms with Crippen molar-refractivity contribution in [2.75, 3.05) is 0 Å². The number of benzene rings is 2. The van der Waals surface area contributed by atoms with E-state index in [0.29, 0.717) is 0 Å². The Morgan fingerprint density at radius 1 is 0.895 bits per heavy atom. The van der Waals surface area contributed by atoms with Gasteiger partial charge in [-0.05, 0) is 6.07 Å². The van der Waals surface area contributed by atoms with Crippen LogP contribution in [0.1, 0.15) is 15.9 Å². The van der Waals surface area contributed by atoms with Gasteiger partial charge in [0.05, 0.1) is 5.39 Å². The highest BCUT2D eigenvalue weighted by atomic mass is 16.1. The van der Waals surface area contributed by atoms with Crippen molar-refractivity contribution in [2.24, 2.45) is 0 Å². The number of carbonyl (C=O) groups is 1. The number of hydrogen-bond acceptors (Lipinski definition) is 1. The van der Waals surface area contributed by atoms with Crippen molar-refractivity contribution in [1.29, 1.82) is 0 Å². The largest absolute Gasteiger partial charge is 0.298 e. The molecule has 2 aromatic carbocycles. The Labute approximate surface area is 111 Å². The van der Waals surface area contributed by atoms with Gasteiger partial charge in [-0.2, -0.15) is 4.57 Å². The molecular formula is C17H14NO+. The minimum atomic E-state index is 0.736. The number of hydrogen-bond donors (Lipinski definition) is 0. The Bertz CT molecular complexity index is 720. The van der Waals surface area contributed by atoms with Gasteiger partial charge in [0.25, 0.3) is 0 Å². The molecule has 0 unspecified atom stereocenters. The Morgan fingerprint density at radius 3 is 2.53 bits per heavy atom. The molecule has 0 radical (unpaired) electrons. The van der Waals surface area contributed by atoms with E-state index in [2.05, 4.69) is 16.7 Å². The molecule has 3 rings (SSSR count). The van der Waals surface area contributed by atoms with Crippen LogP contribution < -0.4 is 4.57 Å². The number of carbonyl (C=O) groups excluding carboxylic acids is 1. The number of rotatable bonds is 3. The Balaban J connectivity index is 2.12. The molecule has 0 aliphatic rings. The monoisotopic (exact) mass is 248 g/mol. The summed E-state index contributed by atoms with van der Waals surface area (Å²) in [6.07, 6.45) is 2.96. The summed E-state index contributed by atoms with van der Waals surface area (Å²) in [5.74, 6) is 0. The van der Waals surface area contributed by atoms with Gasteiger partial charge in [-0.3, -0.25) is 4.79 Å². The summed E-state index contributed by atoms with van der Waals surface area (Å²) in [5, 5.41) is 0.996. The molecule has 92 valence electrons. The zero-order valence-electron chi connectivity index (χ0n) is 10.5. The molecule has 1 aromatic heterocycles. The van der Waals surface area contributed by atoms with Crippen molar-refractivity contribution in [1.82, 2.24) is 0 Å². The number of nitrogens with zero attached hydrogens (tertiary/aromatic N) is 1. The maximum absolute atomic E-state index is 11.1. The van der Waals surface area contributed by atoms with Gasteiger partial charge in [0.15, 0.2) is 19.0 Å². The summed E-state index contributed by atoms with van der Waals surface area (Å²) in [5.41, 5.74) is 3.06. The molecule has 2 heteroatoms. The topological polar surface area (TPSA) is 20.9 Å². The average Bonchev–Trinajstić information content (AvgIpc) is 2.48. The fraction of sp³-hybridized carbons (Fsp3) is 0.0588. The third-order valence-corrected chi connectivity index (χ3v) is 3.28. The predicted octanol–water partition coefficient (Wildman–Crippen LogP) is 2.99. The van der Waals surface area contributed by atoms with E-state index < -0.39 is 0 Å². The van der Waals surface area contributed by atoms with Gasteiger partial charge in [0.2, 0.25) is 5.52 Å². The lowest BCUT2D eigenvalue weighted by atomic mass is 10.1. The van der Waals surface area contributed by atoms with Gasteiger partial charge in [0.1, 0.15) is 0 Å². The van der Waals surface area contributed by atoms with Gasteiger partial charge in [0, 0.05) is 23.3 Å². The van der Waals surface area contributed by atoms with Crippen molar-refractivity contribution in [3.63, 3.8) is 0 Å². The Morgan fingerprint density at radius 2 is 1.74 bits per heavy atom. The molecule has 0 saturated carbocycles. The highest BCUT2D eigenvalue weighted by Crippen LogP contribution is 2.14. The first-order valence-electron chi connectivity index (χ1n) is 6.29. The van der Waals surface area contributed by atoms with Crippen LogP contribution in [0.15, 0.2) is 66.9 Å². The SMILES string of the molecule is O=Cc1cccc2c1ccc[n+]2Cc1ccccc1. The number of aldehydes is 1. The fourth-order valence-electron chi connectivity index (χ4n) is 2.35. The quantitative estimate of drug-likeness (QED) is 0.515. The molecule has 0 aliphatic heterocycles. The summed E-state index contributed by atoms with van der Waals surface area (Å²) in [7, 11) is 0. The van der Waals surface area contributed by atoms with Crippen molar-refractivity contribution in [3.05, 3.63) is 78.0 Å². The van der Waals surface area contributed by atoms with Crippen LogP contribution in [0.2, 0.25) is 0 Å². The second kappa shape index (κ2) is 5.02. The van der Waals surface area contributed by atoms with E-state index in [1.807, 2.05) is 54.7 Å². The smallest absolute Gasteiger partial charge is 0.213 e. The zero-order chi connectivity index (χ0) is 13.1. The highest BCUT2D eigenvalue weighted by molar-refractivity contribution is 5.95. The average molecular weight is 248 g/mol. The fourth-order valence-corrected chi connectivity index (χ4v) is 2.35. The first kappa shape index (κ1) is 11.6. The zero-order valence-corrected chi connectivity index (χ0v) is 10.5. The van der Waals surface area contributed by atoms with E-state index in [0.717, 1.165) is 29.3 Å². The van der Waals surface area contributed by atoms with Crippen LogP contribution in [0.5, 0.6) is 0 Å². The second-order valence-corrected chi connectivity index (χ2v) is 4.52. The van der Waals surface area contributed by atoms with Gasteiger partial charge in [-0.25, -0.2) is 0 Å². The normalized spacial score (nSPS) is 10.5. The summed E-state index contributed by atoms with van der Waals surface area (Å²) in [6, 6.07) is 20.1. The molecule has 0 atom stereocenters. The van der Waals surface area contributed by atoms with Crippen LogP contribution in [0.25, 0.3) is 10.9 Å². The first-order valence-corrected chi connectivity index (χ1v) is 6.29. The maximum atomic E-state index is 11.1. The van der Waals surface area contributed by atoms with Gasteiger partial charge < -0.3 is 0 Å². The molecule has 3 aromatic rings. The lowest BCUT2D eigenvalue weighted by molar-refractivity contribution is -0.662. The highest BCUT2D eigenvalue weighted by Gasteiger charge is 2.11. The summed E-state index contributed by atoms with van der Waals surface area (Å²) in [4.78, 5) is 11.1. The maximum Gasteiger partial charge on any atom is 0.213 e. The van der Waals surface area contributed by atoms with Crippen molar-refractivity contribution in [3.8, 4) is 0 Å². The summed E-state index contributed by atoms with van der Waals surface area (Å²) >= 11 is 0. The van der Waals surface area contributed by atoms with Crippen molar-refractivity contribution < 1.29 is 9.36 Å². The first-order chi connectivity index (χ1) is 9.38. The van der Waals surface area contributed by atoms with Crippen LogP contribution in [-0.4, -0.2) is 6.29 Å². The standard InChI is InChI=1S/C17H14NO/c19-13-15-8-4-10-17-16(15)9-5-11-18(17)12-14-6-2-1-3-7-14/h1-11,13H,12H2/q+1. The molecule has 1 heterocycles. The predicted molar refractivity (Wildman–Crippen MR) is 75.1 cm³/mol. The Hall–Kier alpha value is -2.48. The van der Waals surface area contributed by atoms with Crippen LogP contribution in [0, 0.1) is 0 Å². The van der Waals surface area contributed by atoms with E-state index in [1.54, 1.807) is 0 Å². The molecule has 0 amide bonds. The van der Waals surface area contributed by atoms with Gasteiger partial charge >= 0.3 is 0 Å². The molecule has 0 N–H and O–H groups in total. The summed E-state index contributed by atoms with van der Waals surface area (Å²) in [6.45, 7) is 0.806. The molecule has 0 bridgehead atoms. The minimum Gasteiger partial charge on any atom is -0.298 e. The third-order valence-electron chi connectivity index (χ3n) is 3.28. The Kier molecular flexibility index (Phi) is 3.07. The number of pyridine rings is 1. The molecular weight excluding hydrogens is 234 g/mol. The lowest BCUT2D eigenvalue weighted by Crippen LogP contribution is -2.34. The number of aromatic nitrogens is 1. The molecule has 0 fully saturated rings. The van der Waals surface area contributed by atoms with E-state index in [1.165, 1.54) is 5.56 Å². The molecule has 0 aliphatic carbocycles. The summed E-state index contributed by atoms with van der Waals surface area (Å²) < 4.78 is 2.16. The molecule has 2 nitrogen and oxygen atoms in total. The van der Waals surface area contributed by atoms with E-state index in [9.17, 15) is 4.79 Å². The lowest BCUT2D eigenvalue weighted by Gasteiger charge is -2.03. The molecule has 0 saturated heterocycles. The molecule has 19 heavy (non-hydrogen) atoms. The van der Waals surface area contributed by atoms with Crippen LogP contribution >= 0.6 is 0 Å². The van der Waals surface area contributed by atoms with Crippen LogP contribution in [0.4, 0.5) is 0 Å². The van der Waals surface area contributed by atoms with E-state index in [-0.39, 0.29) is 0 Å². The van der Waals surface area contributed by atoms with Crippen LogP contribution in [-0.2, 0) is 6.54 Å². The molecule has 0 spiro atoms. The van der Waals surface area contributed by atoms with Crippen LogP contribution in [0.3, 0.4) is 0 Å². The van der Waals surface area contributed by atoms with Gasteiger partial charge in [-0.1, -0.05) is 42.5 Å². The van der Waals surface area contributed by atoms with E-state index in [4.69, 9.17) is 0 Å². The van der Waals surface area contributed by atoms with Gasteiger partial charge in [-0.15, -0.1) is 0 Å². The minimum absolute atomic E-state index is 0.736. The number of fused-ring (bicyclic) bond motifs is 1.